The molecule has 0 bridgehead atoms. The Morgan fingerprint density at radius 3 is 2.29 bits per heavy atom. The fourth-order valence-electron chi connectivity index (χ4n) is 3.81. The molecule has 6 nitrogen and oxygen atoms in total. The Bertz CT molecular complexity index is 1520. The van der Waals surface area contributed by atoms with Crippen LogP contribution < -0.4 is 16.0 Å². The Labute approximate surface area is 260 Å². The van der Waals surface area contributed by atoms with Gasteiger partial charge in [0.1, 0.15) is 16.8 Å². The van der Waals surface area contributed by atoms with Crippen molar-refractivity contribution in [2.45, 2.75) is 16.7 Å². The molecule has 1 aliphatic carbocycles. The lowest BCUT2D eigenvalue weighted by Crippen LogP contribution is -2.32. The molecule has 2 aromatic rings. The van der Waals surface area contributed by atoms with Crippen molar-refractivity contribution in [3.63, 3.8) is 0 Å². The molecule has 1 saturated carbocycles. The van der Waals surface area contributed by atoms with Crippen LogP contribution in [0.3, 0.4) is 0 Å². The molecule has 0 unspecified atom stereocenters. The first kappa shape index (κ1) is 33.7. The summed E-state index contributed by atoms with van der Waals surface area (Å²) in [5.74, 6) is -8.56. The zero-order chi connectivity index (χ0) is 31.5. The highest BCUT2D eigenvalue weighted by Crippen LogP contribution is 2.65. The van der Waals surface area contributed by atoms with Crippen LogP contribution in [0.1, 0.15) is 21.8 Å². The Morgan fingerprint density at radius 2 is 1.71 bits per heavy atom. The van der Waals surface area contributed by atoms with Crippen LogP contribution in [-0.2, 0) is 9.59 Å². The molecule has 0 aromatic heterocycles. The number of benzene rings is 2. The quantitative estimate of drug-likeness (QED) is 0.136. The van der Waals surface area contributed by atoms with Gasteiger partial charge < -0.3 is 16.0 Å². The third-order valence-electron chi connectivity index (χ3n) is 5.82. The minimum atomic E-state index is -3.59. The van der Waals surface area contributed by atoms with E-state index in [2.05, 4.69) is 11.9 Å². The maximum atomic E-state index is 14.9. The van der Waals surface area contributed by atoms with Gasteiger partial charge in [-0.25, -0.2) is 13.2 Å². The second-order valence-electron chi connectivity index (χ2n) is 8.60. The van der Waals surface area contributed by atoms with E-state index in [9.17, 15) is 36.3 Å². The summed E-state index contributed by atoms with van der Waals surface area (Å²) in [6.45, 7) is 1.56. The third kappa shape index (κ3) is 7.38. The fourth-order valence-corrected chi connectivity index (χ4v) is 5.14. The number of alkyl halides is 5. The summed E-state index contributed by atoms with van der Waals surface area (Å²) in [7, 11) is 0. The van der Waals surface area contributed by atoms with Crippen molar-refractivity contribution < 1.29 is 36.3 Å². The van der Waals surface area contributed by atoms with Crippen LogP contribution in [0.5, 0.6) is 0 Å². The predicted octanol–water partition coefficient (Wildman–Crippen LogP) is 7.64. The van der Waals surface area contributed by atoms with Crippen LogP contribution in [0.25, 0.3) is 0 Å². The van der Waals surface area contributed by atoms with E-state index in [1.165, 1.54) is 17.4 Å². The summed E-state index contributed by atoms with van der Waals surface area (Å²) < 4.78 is 66.4. The molecule has 42 heavy (non-hydrogen) atoms. The van der Waals surface area contributed by atoms with E-state index in [1.54, 1.807) is 6.07 Å². The predicted molar refractivity (Wildman–Crippen MR) is 151 cm³/mol. The number of anilines is 1. The van der Waals surface area contributed by atoms with Gasteiger partial charge in [-0.1, -0.05) is 53.5 Å². The third-order valence-corrected chi connectivity index (χ3v) is 7.88. The largest absolute Gasteiger partial charge is 0.326 e. The van der Waals surface area contributed by atoms with Gasteiger partial charge in [0.2, 0.25) is 5.91 Å². The van der Waals surface area contributed by atoms with Crippen LogP contribution in [0.15, 0.2) is 66.3 Å². The van der Waals surface area contributed by atoms with Gasteiger partial charge in [0.05, 0.1) is 37.9 Å². The van der Waals surface area contributed by atoms with Gasteiger partial charge >= 0.3 is 6.43 Å². The van der Waals surface area contributed by atoms with Crippen molar-refractivity contribution in [1.29, 1.82) is 0 Å². The maximum Gasteiger partial charge on any atom is 0.315 e. The van der Waals surface area contributed by atoms with Crippen molar-refractivity contribution in [3.8, 4) is 0 Å². The number of nitrogens with one attached hydrogen (secondary N) is 3. The summed E-state index contributed by atoms with van der Waals surface area (Å²) in [4.78, 5) is 37.1. The van der Waals surface area contributed by atoms with Gasteiger partial charge in [-0.3, -0.25) is 14.4 Å². The van der Waals surface area contributed by atoms with Gasteiger partial charge in [-0.2, -0.15) is 8.78 Å². The SMILES string of the molecule is C=C/C=C(NC(=O)c1cc(NC(=O)[C@H]2[C@H](c3ccc(Cl)c(Cl)c3)C2(Cl)Cl)cc(F)c1Cl)\C(F)=C(/CF)NC(=O)C(F)F. The second-order valence-corrected chi connectivity index (χ2v) is 11.2. The molecular weight excluding hydrogens is 675 g/mol. The lowest BCUT2D eigenvalue weighted by molar-refractivity contribution is -0.131. The van der Waals surface area contributed by atoms with Crippen LogP contribution in [-0.4, -0.2) is 35.2 Å². The molecule has 0 spiro atoms. The zero-order valence-corrected chi connectivity index (χ0v) is 24.5. The number of halogens is 10. The molecule has 3 rings (SSSR count). The second kappa shape index (κ2) is 13.6. The number of amides is 3. The molecule has 1 fully saturated rings. The number of rotatable bonds is 10. The summed E-state index contributed by atoms with van der Waals surface area (Å²) in [5.41, 5.74) is -2.44. The summed E-state index contributed by atoms with van der Waals surface area (Å²) >= 11 is 30.5. The molecule has 224 valence electrons. The normalized spacial score (nSPS) is 18.2. The average Bonchev–Trinajstić information content (AvgIpc) is 3.51. The van der Waals surface area contributed by atoms with Crippen molar-refractivity contribution >= 4 is 81.4 Å². The van der Waals surface area contributed by atoms with Crippen LogP contribution in [0.2, 0.25) is 15.1 Å². The maximum absolute atomic E-state index is 14.9. The number of carbonyl (C=O) groups is 3. The fraction of sp³-hybridized carbons (Fsp3) is 0.192. The Morgan fingerprint density at radius 1 is 1.05 bits per heavy atom. The number of allylic oxidation sites excluding steroid dienone is 4. The highest BCUT2D eigenvalue weighted by atomic mass is 35.5. The van der Waals surface area contributed by atoms with E-state index in [1.807, 2.05) is 5.32 Å². The average molecular weight is 692 g/mol. The smallest absolute Gasteiger partial charge is 0.315 e. The summed E-state index contributed by atoms with van der Waals surface area (Å²) in [6, 6.07) is 6.29. The zero-order valence-electron chi connectivity index (χ0n) is 20.7. The Kier molecular flexibility index (Phi) is 10.9. The van der Waals surface area contributed by atoms with Gasteiger partial charge in [-0.15, -0.1) is 23.2 Å². The van der Waals surface area contributed by atoms with E-state index in [4.69, 9.17) is 58.0 Å². The first-order valence-corrected chi connectivity index (χ1v) is 13.3. The Hall–Kier alpha value is -2.83. The minimum absolute atomic E-state index is 0.200. The molecule has 16 heteroatoms. The topological polar surface area (TPSA) is 87.3 Å². The highest BCUT2D eigenvalue weighted by Gasteiger charge is 2.67. The first-order valence-electron chi connectivity index (χ1n) is 11.4. The van der Waals surface area contributed by atoms with Gasteiger partial charge in [-0.05, 0) is 35.9 Å². The monoisotopic (exact) mass is 689 g/mol. The van der Waals surface area contributed by atoms with Crippen LogP contribution in [0, 0.1) is 11.7 Å². The standard InChI is InChI=1S/C26H17Cl5F5N3O3/c1-2-3-16(21(34)17(9-32)39-25(42)22(35)36)38-23(40)12-7-11(8-15(33)20(12)29)37-24(41)19-18(26(19,30)31)10-4-5-13(27)14(28)6-10/h2-8,18-19,22H,1,9H2,(H,37,41)(H,38,40)(H,39,42)/b16-3+,21-17-/t18-,19+/m0/s1. The van der Waals surface area contributed by atoms with E-state index in [-0.39, 0.29) is 15.7 Å². The first-order chi connectivity index (χ1) is 19.6. The lowest BCUT2D eigenvalue weighted by atomic mass is 10.1. The van der Waals surface area contributed by atoms with Gasteiger partial charge in [0, 0.05) is 11.6 Å². The number of hydrogen-bond acceptors (Lipinski definition) is 3. The molecule has 0 radical (unpaired) electrons. The molecule has 1 aliphatic rings. The molecule has 0 aliphatic heterocycles. The molecular formula is C26H17Cl5F5N3O3. The van der Waals surface area contributed by atoms with E-state index >= 15 is 0 Å². The lowest BCUT2D eigenvalue weighted by Gasteiger charge is -2.14. The number of carbonyl (C=O) groups excluding carboxylic acids is 3. The summed E-state index contributed by atoms with van der Waals surface area (Å²) in [6.07, 6.45) is -1.83. The van der Waals surface area contributed by atoms with Crippen molar-refractivity contribution in [3.05, 3.63) is 98.3 Å². The van der Waals surface area contributed by atoms with E-state index < -0.39 is 80.6 Å². The van der Waals surface area contributed by atoms with Crippen LogP contribution >= 0.6 is 58.0 Å². The molecule has 3 amide bonds. The van der Waals surface area contributed by atoms with Crippen molar-refractivity contribution in [1.82, 2.24) is 10.6 Å². The van der Waals surface area contributed by atoms with Crippen molar-refractivity contribution in [2.24, 2.45) is 5.92 Å². The Balaban J connectivity index is 1.86. The van der Waals surface area contributed by atoms with Gasteiger partial charge in [0.25, 0.3) is 11.8 Å². The van der Waals surface area contributed by atoms with Gasteiger partial charge in [0.15, 0.2) is 5.83 Å². The van der Waals surface area contributed by atoms with Crippen LogP contribution in [0.4, 0.5) is 27.6 Å². The minimum Gasteiger partial charge on any atom is -0.326 e. The summed E-state index contributed by atoms with van der Waals surface area (Å²) in [5, 5.41) is 5.43. The van der Waals surface area contributed by atoms with E-state index in [0.29, 0.717) is 5.56 Å². The number of hydrogen-bond donors (Lipinski definition) is 3. The highest BCUT2D eigenvalue weighted by molar-refractivity contribution is 6.53. The van der Waals surface area contributed by atoms with Crippen molar-refractivity contribution in [2.75, 3.05) is 12.0 Å². The molecule has 0 saturated heterocycles. The molecule has 2 atom stereocenters. The molecule has 2 aromatic carbocycles. The molecule has 0 heterocycles. The van der Waals surface area contributed by atoms with E-state index in [0.717, 1.165) is 24.3 Å². The molecule has 3 N–H and O–H groups in total.